The second kappa shape index (κ2) is 4.81. The average molecular weight is 250 g/mol. The minimum Gasteiger partial charge on any atom is -0.497 e. The Morgan fingerprint density at radius 3 is 2.83 bits per heavy atom. The van der Waals surface area contributed by atoms with Gasteiger partial charge >= 0.3 is 0 Å². The lowest BCUT2D eigenvalue weighted by atomic mass is 9.84. The Kier molecular flexibility index (Phi) is 3.53. The zero-order chi connectivity index (χ0) is 13.3. The quantitative estimate of drug-likeness (QED) is 0.894. The lowest BCUT2D eigenvalue weighted by Gasteiger charge is -2.39. The molecule has 0 saturated carbocycles. The highest BCUT2D eigenvalue weighted by molar-refractivity contribution is 5.43. The topological polar surface area (TPSA) is 38.7 Å². The number of aliphatic hydroxyl groups excluding tert-OH is 1. The van der Waals surface area contributed by atoms with Gasteiger partial charge in [0.15, 0.2) is 0 Å². The van der Waals surface area contributed by atoms with Gasteiger partial charge in [-0.1, -0.05) is 13.8 Å². The first-order valence-corrected chi connectivity index (χ1v) is 6.48. The van der Waals surface area contributed by atoms with E-state index in [1.54, 1.807) is 7.11 Å². The van der Waals surface area contributed by atoms with E-state index in [1.165, 1.54) is 0 Å². The van der Waals surface area contributed by atoms with Crippen LogP contribution in [-0.2, 0) is 0 Å². The number of ether oxygens (including phenoxy) is 2. The molecule has 100 valence electrons. The smallest absolute Gasteiger partial charge is 0.129 e. The van der Waals surface area contributed by atoms with Crippen LogP contribution in [0.25, 0.3) is 0 Å². The molecule has 1 unspecified atom stereocenters. The van der Waals surface area contributed by atoms with Gasteiger partial charge in [0.25, 0.3) is 0 Å². The van der Waals surface area contributed by atoms with Crippen molar-refractivity contribution in [3.05, 3.63) is 23.8 Å². The molecule has 2 atom stereocenters. The van der Waals surface area contributed by atoms with Gasteiger partial charge in [-0.05, 0) is 31.4 Å². The summed E-state index contributed by atoms with van der Waals surface area (Å²) in [4.78, 5) is 0. The number of benzene rings is 1. The number of rotatable bonds is 3. The molecular formula is C15H22O3. The van der Waals surface area contributed by atoms with Crippen LogP contribution < -0.4 is 9.47 Å². The van der Waals surface area contributed by atoms with Gasteiger partial charge in [-0.3, -0.25) is 0 Å². The number of methoxy groups -OCH3 is 1. The third-order valence-corrected chi connectivity index (χ3v) is 3.40. The zero-order valence-electron chi connectivity index (χ0n) is 11.6. The van der Waals surface area contributed by atoms with Gasteiger partial charge in [0.05, 0.1) is 13.2 Å². The van der Waals surface area contributed by atoms with Gasteiger partial charge in [0, 0.05) is 18.1 Å². The number of aliphatic hydroxyl groups is 1. The summed E-state index contributed by atoms with van der Waals surface area (Å²) in [5.74, 6) is 2.04. The third kappa shape index (κ3) is 2.61. The molecule has 0 bridgehead atoms. The van der Waals surface area contributed by atoms with Gasteiger partial charge < -0.3 is 14.6 Å². The van der Waals surface area contributed by atoms with E-state index < -0.39 is 6.10 Å². The lowest BCUT2D eigenvalue weighted by Crippen LogP contribution is -2.39. The minimum absolute atomic E-state index is 0.299. The largest absolute Gasteiger partial charge is 0.497 e. The first-order valence-electron chi connectivity index (χ1n) is 6.48. The maximum Gasteiger partial charge on any atom is 0.129 e. The molecule has 0 amide bonds. The molecule has 18 heavy (non-hydrogen) atoms. The summed E-state index contributed by atoms with van der Waals surface area (Å²) < 4.78 is 11.3. The van der Waals surface area contributed by atoms with Crippen molar-refractivity contribution in [3.63, 3.8) is 0 Å². The Labute approximate surface area is 109 Å². The van der Waals surface area contributed by atoms with Crippen molar-refractivity contribution in [1.29, 1.82) is 0 Å². The molecule has 1 aliphatic rings. The summed E-state index contributed by atoms with van der Waals surface area (Å²) in [5.41, 5.74) is 0.560. The van der Waals surface area contributed by atoms with Crippen molar-refractivity contribution in [2.75, 3.05) is 7.11 Å². The van der Waals surface area contributed by atoms with E-state index in [1.807, 2.05) is 18.2 Å². The fourth-order valence-electron chi connectivity index (χ4n) is 2.82. The highest BCUT2D eigenvalue weighted by Crippen LogP contribution is 2.43. The molecule has 0 saturated heterocycles. The Bertz CT molecular complexity index is 428. The van der Waals surface area contributed by atoms with E-state index >= 15 is 0 Å². The molecule has 1 N–H and O–H groups in total. The van der Waals surface area contributed by atoms with Crippen LogP contribution in [0.4, 0.5) is 0 Å². The van der Waals surface area contributed by atoms with Crippen LogP contribution in [0, 0.1) is 5.92 Å². The van der Waals surface area contributed by atoms with Gasteiger partial charge in [-0.25, -0.2) is 0 Å². The summed E-state index contributed by atoms with van der Waals surface area (Å²) in [6, 6.07) is 5.60. The monoisotopic (exact) mass is 250 g/mol. The maximum absolute atomic E-state index is 10.3. The van der Waals surface area contributed by atoms with Gasteiger partial charge in [-0.15, -0.1) is 0 Å². The maximum atomic E-state index is 10.3. The first kappa shape index (κ1) is 13.2. The predicted molar refractivity (Wildman–Crippen MR) is 71.1 cm³/mol. The van der Waals surface area contributed by atoms with E-state index in [0.717, 1.165) is 23.5 Å². The van der Waals surface area contributed by atoms with Gasteiger partial charge in [-0.2, -0.15) is 0 Å². The Balaban J connectivity index is 2.31. The van der Waals surface area contributed by atoms with E-state index in [4.69, 9.17) is 9.47 Å². The summed E-state index contributed by atoms with van der Waals surface area (Å²) >= 11 is 0. The highest BCUT2D eigenvalue weighted by atomic mass is 16.5. The van der Waals surface area contributed by atoms with Crippen LogP contribution in [-0.4, -0.2) is 17.8 Å². The molecule has 0 spiro atoms. The van der Waals surface area contributed by atoms with E-state index in [-0.39, 0.29) is 5.60 Å². The lowest BCUT2D eigenvalue weighted by molar-refractivity contribution is -0.0145. The normalized spacial score (nSPS) is 26.7. The number of hydrogen-bond acceptors (Lipinski definition) is 3. The van der Waals surface area contributed by atoms with Crippen molar-refractivity contribution in [2.24, 2.45) is 5.92 Å². The van der Waals surface area contributed by atoms with E-state index in [0.29, 0.717) is 12.3 Å². The SMILES string of the molecule is COc1ccc2c(c1)OC(C)(CC(C)C)C[C@@H]2O. The van der Waals surface area contributed by atoms with E-state index in [2.05, 4.69) is 20.8 Å². The standard InChI is InChI=1S/C15H22O3/c1-10(2)8-15(3)9-13(16)12-6-5-11(17-4)7-14(12)18-15/h5-7,10,13,16H,8-9H2,1-4H3/t13-,15?/m0/s1. The zero-order valence-corrected chi connectivity index (χ0v) is 11.6. The molecule has 1 aromatic rings. The van der Waals surface area contributed by atoms with Crippen LogP contribution in [0.15, 0.2) is 18.2 Å². The molecule has 0 aromatic heterocycles. The summed E-state index contributed by atoms with van der Waals surface area (Å²) in [6.45, 7) is 6.41. The van der Waals surface area contributed by atoms with Crippen LogP contribution >= 0.6 is 0 Å². The molecule has 1 aromatic carbocycles. The van der Waals surface area contributed by atoms with Gasteiger partial charge in [0.1, 0.15) is 17.1 Å². The van der Waals surface area contributed by atoms with Crippen molar-refractivity contribution >= 4 is 0 Å². The second-order valence-corrected chi connectivity index (χ2v) is 5.77. The molecular weight excluding hydrogens is 228 g/mol. The molecule has 2 rings (SSSR count). The van der Waals surface area contributed by atoms with Crippen molar-refractivity contribution in [3.8, 4) is 11.5 Å². The first-order chi connectivity index (χ1) is 8.43. The molecule has 1 aliphatic heterocycles. The predicted octanol–water partition coefficient (Wildman–Crippen LogP) is 3.32. The molecule has 1 heterocycles. The molecule has 3 nitrogen and oxygen atoms in total. The number of fused-ring (bicyclic) bond motifs is 1. The van der Waals surface area contributed by atoms with Crippen molar-refractivity contribution in [1.82, 2.24) is 0 Å². The van der Waals surface area contributed by atoms with Gasteiger partial charge in [0.2, 0.25) is 0 Å². The van der Waals surface area contributed by atoms with Crippen LogP contribution in [0.3, 0.4) is 0 Å². The highest BCUT2D eigenvalue weighted by Gasteiger charge is 2.37. The fourth-order valence-corrected chi connectivity index (χ4v) is 2.82. The summed E-state index contributed by atoms with van der Waals surface area (Å²) in [5, 5.41) is 10.3. The van der Waals surface area contributed by atoms with Crippen LogP contribution in [0.5, 0.6) is 11.5 Å². The minimum atomic E-state index is -0.455. The third-order valence-electron chi connectivity index (χ3n) is 3.40. The summed E-state index contributed by atoms with van der Waals surface area (Å²) in [6.07, 6.45) is 1.12. The molecule has 3 heteroatoms. The van der Waals surface area contributed by atoms with Crippen molar-refractivity contribution in [2.45, 2.75) is 45.3 Å². The number of hydrogen-bond donors (Lipinski definition) is 1. The second-order valence-electron chi connectivity index (χ2n) is 5.77. The summed E-state index contributed by atoms with van der Waals surface area (Å²) in [7, 11) is 1.63. The van der Waals surface area contributed by atoms with Crippen LogP contribution in [0.1, 0.15) is 45.3 Å². The Morgan fingerprint density at radius 2 is 2.22 bits per heavy atom. The molecule has 0 radical (unpaired) electrons. The Hall–Kier alpha value is -1.22. The fraction of sp³-hybridized carbons (Fsp3) is 0.600. The van der Waals surface area contributed by atoms with Crippen LogP contribution in [0.2, 0.25) is 0 Å². The average Bonchev–Trinajstić information content (AvgIpc) is 2.26. The molecule has 0 fully saturated rings. The van der Waals surface area contributed by atoms with Crippen molar-refractivity contribution < 1.29 is 14.6 Å². The Morgan fingerprint density at radius 1 is 1.50 bits per heavy atom. The van der Waals surface area contributed by atoms with E-state index in [9.17, 15) is 5.11 Å². The molecule has 0 aliphatic carbocycles.